The molecule has 2 heterocycles. The Hall–Kier alpha value is -2.47. The molecule has 146 valence electrons. The van der Waals surface area contributed by atoms with E-state index in [1.165, 1.54) is 17.0 Å². The summed E-state index contributed by atoms with van der Waals surface area (Å²) in [6.07, 6.45) is 4.27. The second-order valence-corrected chi connectivity index (χ2v) is 8.37. The van der Waals surface area contributed by atoms with Crippen LogP contribution >= 0.6 is 11.3 Å². The number of hydrogen-bond acceptors (Lipinski definition) is 3. The third-order valence-electron chi connectivity index (χ3n) is 5.39. The minimum absolute atomic E-state index is 0.0415. The fraction of sp³-hybridized carbons (Fsp3) is 0.364. The van der Waals surface area contributed by atoms with Crippen LogP contribution in [0.1, 0.15) is 34.9 Å². The second kappa shape index (κ2) is 7.87. The first-order valence-electron chi connectivity index (χ1n) is 9.59. The van der Waals surface area contributed by atoms with E-state index in [1.807, 2.05) is 16.3 Å². The van der Waals surface area contributed by atoms with E-state index in [0.717, 1.165) is 30.4 Å². The summed E-state index contributed by atoms with van der Waals surface area (Å²) in [6, 6.07) is 8.14. The molecular formula is C22H23FN2O2S. The minimum atomic E-state index is -0.296. The number of fused-ring (bicyclic) bond motifs is 1. The van der Waals surface area contributed by atoms with Crippen LogP contribution in [-0.2, 0) is 16.0 Å². The maximum Gasteiger partial charge on any atom is 0.243 e. The maximum atomic E-state index is 13.4. The zero-order valence-corrected chi connectivity index (χ0v) is 16.5. The number of carbonyl (C=O) groups excluding carboxylic acids is 2. The topological polar surface area (TPSA) is 40.6 Å². The van der Waals surface area contributed by atoms with Gasteiger partial charge >= 0.3 is 0 Å². The highest BCUT2D eigenvalue weighted by Crippen LogP contribution is 2.38. The van der Waals surface area contributed by atoms with E-state index in [1.54, 1.807) is 34.4 Å². The molecule has 2 aromatic rings. The van der Waals surface area contributed by atoms with Crippen molar-refractivity contribution in [2.24, 2.45) is 5.92 Å². The Kier molecular flexibility index (Phi) is 5.31. The highest BCUT2D eigenvalue weighted by Gasteiger charge is 2.37. The van der Waals surface area contributed by atoms with Crippen molar-refractivity contribution < 1.29 is 14.0 Å². The van der Waals surface area contributed by atoms with Gasteiger partial charge in [-0.3, -0.25) is 9.59 Å². The van der Waals surface area contributed by atoms with Crippen molar-refractivity contribution in [3.8, 4) is 0 Å². The Balaban J connectivity index is 1.60. The molecule has 1 aromatic carbocycles. The van der Waals surface area contributed by atoms with Gasteiger partial charge in [0, 0.05) is 23.9 Å². The largest absolute Gasteiger partial charge is 0.330 e. The Labute approximate surface area is 168 Å². The predicted molar refractivity (Wildman–Crippen MR) is 107 cm³/mol. The first-order chi connectivity index (χ1) is 13.6. The monoisotopic (exact) mass is 398 g/mol. The van der Waals surface area contributed by atoms with Gasteiger partial charge in [-0.2, -0.15) is 0 Å². The summed E-state index contributed by atoms with van der Waals surface area (Å²) in [6.45, 7) is 4.74. The summed E-state index contributed by atoms with van der Waals surface area (Å²) < 4.78 is 13.4. The molecule has 1 aliphatic carbocycles. The molecule has 0 saturated heterocycles. The lowest BCUT2D eigenvalue weighted by Crippen LogP contribution is -2.47. The lowest BCUT2D eigenvalue weighted by atomic mass is 9.93. The lowest BCUT2D eigenvalue weighted by molar-refractivity contribution is -0.142. The fourth-order valence-electron chi connectivity index (χ4n) is 3.82. The molecule has 1 atom stereocenters. The average molecular weight is 399 g/mol. The van der Waals surface area contributed by atoms with Gasteiger partial charge in [0.2, 0.25) is 11.8 Å². The van der Waals surface area contributed by atoms with Crippen LogP contribution < -0.4 is 0 Å². The van der Waals surface area contributed by atoms with E-state index < -0.39 is 0 Å². The molecule has 2 aliphatic rings. The normalized spacial score (nSPS) is 18.5. The Bertz CT molecular complexity index is 888. The average Bonchev–Trinajstić information content (AvgIpc) is 3.44. The van der Waals surface area contributed by atoms with Gasteiger partial charge < -0.3 is 9.80 Å². The highest BCUT2D eigenvalue weighted by molar-refractivity contribution is 7.10. The fourth-order valence-corrected chi connectivity index (χ4v) is 4.72. The molecule has 28 heavy (non-hydrogen) atoms. The van der Waals surface area contributed by atoms with Gasteiger partial charge in [0.05, 0.1) is 6.04 Å². The molecule has 2 amide bonds. The number of benzene rings is 1. The molecule has 0 radical (unpaired) electrons. The van der Waals surface area contributed by atoms with Crippen LogP contribution in [0.15, 0.2) is 48.4 Å². The van der Waals surface area contributed by atoms with Crippen LogP contribution in [-0.4, -0.2) is 41.2 Å². The third-order valence-corrected chi connectivity index (χ3v) is 6.38. The molecule has 1 unspecified atom stereocenters. The minimum Gasteiger partial charge on any atom is -0.330 e. The molecule has 1 aromatic heterocycles. The SMILES string of the molecule is C=CCN(CC(=O)N1CCc2sccc2C1c1ccc(F)cc1)C(=O)C1CC1. The van der Waals surface area contributed by atoms with Crippen LogP contribution in [0, 0.1) is 11.7 Å². The first kappa shape index (κ1) is 18.9. The van der Waals surface area contributed by atoms with Gasteiger partial charge in [-0.25, -0.2) is 4.39 Å². The summed E-state index contributed by atoms with van der Waals surface area (Å²) >= 11 is 1.69. The van der Waals surface area contributed by atoms with Gasteiger partial charge in [-0.05, 0) is 54.0 Å². The van der Waals surface area contributed by atoms with Gasteiger partial charge in [-0.15, -0.1) is 17.9 Å². The van der Waals surface area contributed by atoms with E-state index in [0.29, 0.717) is 13.1 Å². The number of amides is 2. The smallest absolute Gasteiger partial charge is 0.243 e. The van der Waals surface area contributed by atoms with Crippen LogP contribution in [0.2, 0.25) is 0 Å². The molecule has 0 bridgehead atoms. The zero-order chi connectivity index (χ0) is 19.7. The number of carbonyl (C=O) groups is 2. The lowest BCUT2D eigenvalue weighted by Gasteiger charge is -2.37. The van der Waals surface area contributed by atoms with E-state index in [-0.39, 0.29) is 36.1 Å². The molecule has 4 nitrogen and oxygen atoms in total. The van der Waals surface area contributed by atoms with Gasteiger partial charge in [0.25, 0.3) is 0 Å². The molecule has 6 heteroatoms. The van der Waals surface area contributed by atoms with Crippen LogP contribution in [0.3, 0.4) is 0 Å². The summed E-state index contributed by atoms with van der Waals surface area (Å²) in [5, 5.41) is 2.04. The number of halogens is 1. The molecule has 4 rings (SSSR count). The Morgan fingerprint density at radius 1 is 1.25 bits per heavy atom. The second-order valence-electron chi connectivity index (χ2n) is 7.37. The van der Waals surface area contributed by atoms with Crippen molar-refractivity contribution in [2.45, 2.75) is 25.3 Å². The molecule has 0 N–H and O–H groups in total. The van der Waals surface area contributed by atoms with Crippen molar-refractivity contribution in [3.63, 3.8) is 0 Å². The summed E-state index contributed by atoms with van der Waals surface area (Å²) in [5.74, 6) is -0.275. The predicted octanol–water partition coefficient (Wildman–Crippen LogP) is 3.79. The van der Waals surface area contributed by atoms with E-state index >= 15 is 0 Å². The third kappa shape index (κ3) is 3.74. The van der Waals surface area contributed by atoms with Gasteiger partial charge in [0.15, 0.2) is 0 Å². The summed E-state index contributed by atoms with van der Waals surface area (Å²) in [4.78, 5) is 30.5. The Morgan fingerprint density at radius 3 is 2.68 bits per heavy atom. The van der Waals surface area contributed by atoms with Crippen molar-refractivity contribution in [2.75, 3.05) is 19.6 Å². The molecule has 0 spiro atoms. The van der Waals surface area contributed by atoms with Gasteiger partial charge in [0.1, 0.15) is 12.4 Å². The number of rotatable bonds is 6. The van der Waals surface area contributed by atoms with E-state index in [9.17, 15) is 14.0 Å². The van der Waals surface area contributed by atoms with Crippen LogP contribution in [0.4, 0.5) is 4.39 Å². The number of nitrogens with zero attached hydrogens (tertiary/aromatic N) is 2. The van der Waals surface area contributed by atoms with Crippen molar-refractivity contribution in [3.05, 3.63) is 70.2 Å². The van der Waals surface area contributed by atoms with E-state index in [4.69, 9.17) is 0 Å². The molecule has 1 saturated carbocycles. The van der Waals surface area contributed by atoms with Crippen LogP contribution in [0.5, 0.6) is 0 Å². The molecule has 1 fully saturated rings. The zero-order valence-electron chi connectivity index (χ0n) is 15.6. The summed E-state index contributed by atoms with van der Waals surface area (Å²) in [7, 11) is 0. The molecular weight excluding hydrogens is 375 g/mol. The van der Waals surface area contributed by atoms with Crippen molar-refractivity contribution in [1.29, 1.82) is 0 Å². The Morgan fingerprint density at radius 2 is 2.00 bits per heavy atom. The maximum absolute atomic E-state index is 13.4. The quantitative estimate of drug-likeness (QED) is 0.695. The summed E-state index contributed by atoms with van der Waals surface area (Å²) in [5.41, 5.74) is 1.98. The van der Waals surface area contributed by atoms with Crippen molar-refractivity contribution >= 4 is 23.2 Å². The van der Waals surface area contributed by atoms with Gasteiger partial charge in [-0.1, -0.05) is 18.2 Å². The molecule has 1 aliphatic heterocycles. The van der Waals surface area contributed by atoms with Crippen molar-refractivity contribution in [1.82, 2.24) is 9.80 Å². The van der Waals surface area contributed by atoms with E-state index in [2.05, 4.69) is 6.58 Å². The van der Waals surface area contributed by atoms with Crippen LogP contribution in [0.25, 0.3) is 0 Å². The standard InChI is InChI=1S/C22H23FN2O2S/c1-2-11-24(22(27)16-3-4-16)14-20(26)25-12-9-19-18(10-13-28-19)21(25)15-5-7-17(23)8-6-15/h2,5-8,10,13,16,21H,1,3-4,9,11-12,14H2. The number of thiophene rings is 1. The number of hydrogen-bond donors (Lipinski definition) is 0. The highest BCUT2D eigenvalue weighted by atomic mass is 32.1. The first-order valence-corrected chi connectivity index (χ1v) is 10.5.